The van der Waals surface area contributed by atoms with Crippen LogP contribution in [0.25, 0.3) is 32.3 Å². The summed E-state index contributed by atoms with van der Waals surface area (Å²) in [6.07, 6.45) is 0. The highest BCUT2D eigenvalue weighted by molar-refractivity contribution is 6.06. The van der Waals surface area contributed by atoms with E-state index in [0.717, 1.165) is 16.2 Å². The Bertz CT molecular complexity index is 1030. The Hall–Kier alpha value is -2.87. The second kappa shape index (κ2) is 4.85. The summed E-state index contributed by atoms with van der Waals surface area (Å²) in [5.74, 6) is 0.311. The van der Waals surface area contributed by atoms with E-state index in [1.54, 1.807) is 0 Å². The number of esters is 1. The summed E-state index contributed by atoms with van der Waals surface area (Å²) >= 11 is 0. The number of carbonyl (C=O) groups excluding carboxylic acids is 1. The number of hydrogen-bond donors (Lipinski definition) is 0. The van der Waals surface area contributed by atoms with E-state index in [4.69, 9.17) is 4.74 Å². The molecule has 0 unspecified atom stereocenters. The van der Waals surface area contributed by atoms with Gasteiger partial charge >= 0.3 is 5.97 Å². The predicted octanol–water partition coefficient (Wildman–Crippen LogP) is 5.07. The van der Waals surface area contributed by atoms with Gasteiger partial charge in [-0.3, -0.25) is 4.79 Å². The summed E-state index contributed by atoms with van der Waals surface area (Å²) in [6, 6.07) is 22.7. The van der Waals surface area contributed by atoms with Crippen molar-refractivity contribution in [2.45, 2.75) is 6.92 Å². The van der Waals surface area contributed by atoms with Crippen LogP contribution >= 0.6 is 0 Å². The van der Waals surface area contributed by atoms with Gasteiger partial charge in [0.15, 0.2) is 0 Å². The zero-order valence-electron chi connectivity index (χ0n) is 12.2. The van der Waals surface area contributed by atoms with Crippen LogP contribution in [0.1, 0.15) is 6.92 Å². The highest BCUT2D eigenvalue weighted by Crippen LogP contribution is 2.32. The molecule has 0 N–H and O–H groups in total. The van der Waals surface area contributed by atoms with Gasteiger partial charge in [0, 0.05) is 12.3 Å². The molecule has 0 aromatic heterocycles. The van der Waals surface area contributed by atoms with Crippen molar-refractivity contribution in [1.82, 2.24) is 0 Å². The van der Waals surface area contributed by atoms with Gasteiger partial charge in [-0.1, -0.05) is 36.4 Å². The summed E-state index contributed by atoms with van der Waals surface area (Å²) in [6.45, 7) is 1.42. The lowest BCUT2D eigenvalue weighted by molar-refractivity contribution is -0.131. The van der Waals surface area contributed by atoms with Crippen molar-refractivity contribution in [2.75, 3.05) is 0 Å². The first kappa shape index (κ1) is 12.8. The first-order valence-electron chi connectivity index (χ1n) is 7.24. The Balaban J connectivity index is 2.05. The molecule has 2 nitrogen and oxygen atoms in total. The molecule has 0 saturated carbocycles. The Labute approximate surface area is 127 Å². The third-order valence-corrected chi connectivity index (χ3v) is 3.92. The van der Waals surface area contributed by atoms with E-state index in [1.165, 1.54) is 23.1 Å². The fourth-order valence-corrected chi connectivity index (χ4v) is 2.93. The van der Waals surface area contributed by atoms with E-state index >= 15 is 0 Å². The van der Waals surface area contributed by atoms with Crippen molar-refractivity contribution < 1.29 is 9.53 Å². The zero-order valence-corrected chi connectivity index (χ0v) is 12.2. The molecular formula is C20H14O2. The number of hydrogen-bond acceptors (Lipinski definition) is 2. The lowest BCUT2D eigenvalue weighted by Gasteiger charge is -2.09. The molecule has 4 aromatic rings. The SMILES string of the molecule is CC(=O)Oc1cccc2cc3cc4ccccc4cc3cc12. The van der Waals surface area contributed by atoms with Crippen LogP contribution in [0, 0.1) is 0 Å². The second-order valence-electron chi connectivity index (χ2n) is 5.47. The topological polar surface area (TPSA) is 26.3 Å². The quantitative estimate of drug-likeness (QED) is 0.277. The highest BCUT2D eigenvalue weighted by Gasteiger charge is 2.07. The van der Waals surface area contributed by atoms with Crippen molar-refractivity contribution in [1.29, 1.82) is 0 Å². The molecule has 22 heavy (non-hydrogen) atoms. The molecule has 4 aromatic carbocycles. The minimum atomic E-state index is -0.300. The van der Waals surface area contributed by atoms with Crippen molar-refractivity contribution in [3.8, 4) is 5.75 Å². The molecule has 0 fully saturated rings. The average molecular weight is 286 g/mol. The van der Waals surface area contributed by atoms with Crippen LogP contribution in [0.15, 0.2) is 66.7 Å². The van der Waals surface area contributed by atoms with Crippen molar-refractivity contribution in [3.63, 3.8) is 0 Å². The molecule has 0 heterocycles. The normalized spacial score (nSPS) is 11.1. The van der Waals surface area contributed by atoms with Crippen LogP contribution in [-0.2, 0) is 4.79 Å². The van der Waals surface area contributed by atoms with E-state index in [9.17, 15) is 4.79 Å². The third-order valence-electron chi connectivity index (χ3n) is 3.92. The van der Waals surface area contributed by atoms with Crippen LogP contribution in [0.2, 0.25) is 0 Å². The fraction of sp³-hybridized carbons (Fsp3) is 0.0500. The molecule has 0 radical (unpaired) electrons. The molecular weight excluding hydrogens is 272 g/mol. The Morgan fingerprint density at radius 2 is 1.32 bits per heavy atom. The molecule has 0 aliphatic carbocycles. The average Bonchev–Trinajstić information content (AvgIpc) is 2.51. The fourth-order valence-electron chi connectivity index (χ4n) is 2.93. The number of carbonyl (C=O) groups is 1. The Kier molecular flexibility index (Phi) is 2.83. The summed E-state index contributed by atoms with van der Waals surface area (Å²) in [4.78, 5) is 11.3. The number of rotatable bonds is 1. The van der Waals surface area contributed by atoms with E-state index in [0.29, 0.717) is 5.75 Å². The second-order valence-corrected chi connectivity index (χ2v) is 5.47. The van der Waals surface area contributed by atoms with Crippen LogP contribution in [0.5, 0.6) is 5.75 Å². The molecule has 0 aliphatic rings. The standard InChI is InChI=1S/C20H14O2/c1-13(21)22-20-8-4-7-16-11-17-9-14-5-2-3-6-15(14)10-18(17)12-19(16)20/h2-12H,1H3. The van der Waals surface area contributed by atoms with Crippen molar-refractivity contribution in [2.24, 2.45) is 0 Å². The van der Waals surface area contributed by atoms with Gasteiger partial charge in [0.2, 0.25) is 0 Å². The van der Waals surface area contributed by atoms with E-state index in [2.05, 4.69) is 36.4 Å². The lowest BCUT2D eigenvalue weighted by Crippen LogP contribution is -2.01. The summed E-state index contributed by atoms with van der Waals surface area (Å²) in [5.41, 5.74) is 0. The van der Waals surface area contributed by atoms with E-state index in [-0.39, 0.29) is 5.97 Å². The van der Waals surface area contributed by atoms with Crippen LogP contribution in [0.3, 0.4) is 0 Å². The molecule has 0 bridgehead atoms. The summed E-state index contributed by atoms with van der Waals surface area (Å²) in [5, 5.41) is 6.80. The predicted molar refractivity (Wildman–Crippen MR) is 90.3 cm³/mol. The molecule has 2 heteroatoms. The van der Waals surface area contributed by atoms with Gasteiger partial charge in [0.05, 0.1) is 0 Å². The van der Waals surface area contributed by atoms with Crippen LogP contribution in [-0.4, -0.2) is 5.97 Å². The monoisotopic (exact) mass is 286 g/mol. The van der Waals surface area contributed by atoms with Gasteiger partial charge in [-0.2, -0.15) is 0 Å². The molecule has 4 rings (SSSR count). The number of fused-ring (bicyclic) bond motifs is 3. The first-order chi connectivity index (χ1) is 10.7. The number of ether oxygens (including phenoxy) is 1. The van der Waals surface area contributed by atoms with Crippen LogP contribution < -0.4 is 4.74 Å². The van der Waals surface area contributed by atoms with E-state index in [1.807, 2.05) is 30.3 Å². The van der Waals surface area contributed by atoms with Gasteiger partial charge in [-0.15, -0.1) is 0 Å². The Morgan fingerprint density at radius 3 is 2.00 bits per heavy atom. The number of benzene rings is 4. The summed E-state index contributed by atoms with van der Waals surface area (Å²) < 4.78 is 5.32. The molecule has 0 aliphatic heterocycles. The smallest absolute Gasteiger partial charge is 0.308 e. The Morgan fingerprint density at radius 1 is 0.727 bits per heavy atom. The lowest BCUT2D eigenvalue weighted by atomic mass is 9.99. The minimum absolute atomic E-state index is 0.300. The van der Waals surface area contributed by atoms with Crippen LogP contribution in [0.4, 0.5) is 0 Å². The van der Waals surface area contributed by atoms with E-state index < -0.39 is 0 Å². The highest BCUT2D eigenvalue weighted by atomic mass is 16.5. The molecule has 0 amide bonds. The maximum absolute atomic E-state index is 11.3. The molecule has 106 valence electrons. The third kappa shape index (κ3) is 2.09. The summed E-state index contributed by atoms with van der Waals surface area (Å²) in [7, 11) is 0. The minimum Gasteiger partial charge on any atom is -0.426 e. The first-order valence-corrected chi connectivity index (χ1v) is 7.24. The maximum atomic E-state index is 11.3. The maximum Gasteiger partial charge on any atom is 0.308 e. The van der Waals surface area contributed by atoms with Crippen molar-refractivity contribution in [3.05, 3.63) is 66.7 Å². The molecule has 0 spiro atoms. The van der Waals surface area contributed by atoms with Crippen molar-refractivity contribution >= 4 is 38.3 Å². The van der Waals surface area contributed by atoms with Gasteiger partial charge in [-0.25, -0.2) is 0 Å². The molecule has 0 atom stereocenters. The van der Waals surface area contributed by atoms with Gasteiger partial charge < -0.3 is 4.74 Å². The van der Waals surface area contributed by atoms with Gasteiger partial charge in [0.1, 0.15) is 5.75 Å². The largest absolute Gasteiger partial charge is 0.426 e. The van der Waals surface area contributed by atoms with Gasteiger partial charge in [-0.05, 0) is 57.3 Å². The zero-order chi connectivity index (χ0) is 15.1. The van der Waals surface area contributed by atoms with Gasteiger partial charge in [0.25, 0.3) is 0 Å². The molecule has 0 saturated heterocycles.